The predicted molar refractivity (Wildman–Crippen MR) is 173 cm³/mol. The van der Waals surface area contributed by atoms with E-state index in [0.29, 0.717) is 18.2 Å². The third-order valence-electron chi connectivity index (χ3n) is 7.26. The lowest BCUT2D eigenvalue weighted by molar-refractivity contribution is -0.198. The number of hydroxylamine groups is 6. The second-order valence-corrected chi connectivity index (χ2v) is 15.2. The highest BCUT2D eigenvalue weighted by atomic mass is 16.9. The monoisotopic (exact) mass is 771 g/mol. The van der Waals surface area contributed by atoms with Crippen molar-refractivity contribution >= 4 is 59.9 Å². The van der Waals surface area contributed by atoms with Crippen molar-refractivity contribution < 1.29 is 81.8 Å². The summed E-state index contributed by atoms with van der Waals surface area (Å²) in [6.07, 6.45) is -3.72. The number of hydrogen-bond donors (Lipinski definition) is 1. The van der Waals surface area contributed by atoms with Gasteiger partial charge in [0.1, 0.15) is 16.8 Å². The van der Waals surface area contributed by atoms with Crippen LogP contribution >= 0.6 is 0 Å². The minimum atomic E-state index is -1.48. The first-order valence-corrected chi connectivity index (χ1v) is 16.7. The van der Waals surface area contributed by atoms with Crippen LogP contribution in [0.25, 0.3) is 0 Å². The average Bonchev–Trinajstić information content (AvgIpc) is 3.60. The van der Waals surface area contributed by atoms with E-state index in [0.717, 1.165) is 0 Å². The van der Waals surface area contributed by atoms with E-state index in [1.165, 1.54) is 9.80 Å². The molecule has 5 aliphatic rings. The molecular formula is C32H45N5O17. The molecule has 0 aromatic heterocycles. The fourth-order valence-corrected chi connectivity index (χ4v) is 4.95. The number of nitrogens with zero attached hydrogens (tertiary/aromatic N) is 5. The molecule has 0 bridgehead atoms. The Labute approximate surface area is 309 Å². The highest BCUT2D eigenvalue weighted by Crippen LogP contribution is 2.28. The molecule has 0 radical (unpaired) electrons. The minimum Gasteiger partial charge on any atom is -0.444 e. The summed E-state index contributed by atoms with van der Waals surface area (Å²) in [6, 6.07) is 0. The molecule has 54 heavy (non-hydrogen) atoms. The van der Waals surface area contributed by atoms with Crippen LogP contribution in [0, 0.1) is 0 Å². The topological polar surface area (TPSA) is 263 Å². The van der Waals surface area contributed by atoms with Gasteiger partial charge in [0.05, 0.1) is 31.8 Å². The van der Waals surface area contributed by atoms with Crippen LogP contribution in [0.15, 0.2) is 0 Å². The summed E-state index contributed by atoms with van der Waals surface area (Å²) in [4.78, 5) is 129. The average molecular weight is 772 g/mol. The third kappa shape index (κ3) is 12.3. The number of β-amino-alcohol motifs (C(OH)–C–C–N with tert-alkyl or cyclic N) is 1. The van der Waals surface area contributed by atoms with Gasteiger partial charge in [-0.25, -0.2) is 14.4 Å². The first kappa shape index (κ1) is 42.9. The van der Waals surface area contributed by atoms with Crippen LogP contribution in [-0.2, 0) is 57.5 Å². The van der Waals surface area contributed by atoms with Gasteiger partial charge in [-0.15, -0.1) is 0 Å². The van der Waals surface area contributed by atoms with E-state index >= 15 is 0 Å². The molecule has 300 valence electrons. The summed E-state index contributed by atoms with van der Waals surface area (Å²) in [5.74, 6) is -3.90. The Balaban J connectivity index is 0.000000227. The zero-order valence-electron chi connectivity index (χ0n) is 31.3. The van der Waals surface area contributed by atoms with Crippen LogP contribution in [0.4, 0.5) is 19.2 Å². The molecule has 8 amide bonds. The number of carbonyl (C=O) groups is 10. The molecule has 0 atom stereocenters. The Morgan fingerprint density at radius 3 is 1.07 bits per heavy atom. The number of ether oxygens (including phenoxy) is 3. The van der Waals surface area contributed by atoms with E-state index in [-0.39, 0.29) is 67.8 Å². The van der Waals surface area contributed by atoms with Gasteiger partial charge in [0.25, 0.3) is 35.4 Å². The summed E-state index contributed by atoms with van der Waals surface area (Å²) < 4.78 is 15.4. The number of amides is 8. The summed E-state index contributed by atoms with van der Waals surface area (Å²) in [5.41, 5.74) is -2.74. The fourth-order valence-electron chi connectivity index (χ4n) is 4.95. The number of hydrogen-bond acceptors (Lipinski definition) is 17. The standard InChI is InChI=1S/C14H20N2O7.C9H8N2O7.C9H17NO3/c1-13(2,3)21-11(19)15-7-14(4,8-15)22-12(20)23-16-9(17)5-6-10(16)18;12-5-1-2-6(13)10(5)17-9(16)18-11-7(14)3-4-8(11)15;1-8(2,3)13-7(11)10-5-9(4,12)6-10/h5-8H2,1-4H3;1-4H2;12H,5-6H2,1-4H3. The van der Waals surface area contributed by atoms with Gasteiger partial charge in [0.15, 0.2) is 0 Å². The SMILES string of the molecule is CC(C)(C)OC(=O)N1CC(C)(OC(=O)ON2C(=O)CCC2=O)C1.CC1(O)CN(C(=O)OC(C)(C)C)C1.O=C(ON1C(=O)CCC1=O)ON1C(=O)CCC1=O. The normalized spacial score (nSPS) is 20.2. The lowest BCUT2D eigenvalue weighted by Crippen LogP contribution is -2.64. The maximum atomic E-state index is 11.8. The molecule has 5 heterocycles. The highest BCUT2D eigenvalue weighted by molar-refractivity contribution is 6.03. The van der Waals surface area contributed by atoms with E-state index in [4.69, 9.17) is 14.2 Å². The molecular weight excluding hydrogens is 726 g/mol. The van der Waals surface area contributed by atoms with Gasteiger partial charge in [-0.1, -0.05) is 15.2 Å². The van der Waals surface area contributed by atoms with E-state index < -0.39 is 76.3 Å². The maximum absolute atomic E-state index is 11.8. The van der Waals surface area contributed by atoms with Crippen LogP contribution in [0.3, 0.4) is 0 Å². The molecule has 0 spiro atoms. The van der Waals surface area contributed by atoms with Gasteiger partial charge in [0.2, 0.25) is 0 Å². The lowest BCUT2D eigenvalue weighted by Gasteiger charge is -2.46. The smallest absolute Gasteiger partial charge is 0.444 e. The Hall–Kier alpha value is -5.54. The highest BCUT2D eigenvalue weighted by Gasteiger charge is 2.48. The molecule has 22 nitrogen and oxygen atoms in total. The Morgan fingerprint density at radius 1 is 0.519 bits per heavy atom. The molecule has 1 N–H and O–H groups in total. The number of aliphatic hydroxyl groups is 1. The molecule has 5 fully saturated rings. The predicted octanol–water partition coefficient (Wildman–Crippen LogP) is 1.47. The van der Waals surface area contributed by atoms with Gasteiger partial charge < -0.3 is 29.1 Å². The molecule has 0 aromatic rings. The zero-order valence-corrected chi connectivity index (χ0v) is 31.3. The van der Waals surface area contributed by atoms with Crippen molar-refractivity contribution in [2.75, 3.05) is 26.2 Å². The van der Waals surface area contributed by atoms with E-state index in [2.05, 4.69) is 14.5 Å². The summed E-state index contributed by atoms with van der Waals surface area (Å²) >= 11 is 0. The Morgan fingerprint density at radius 2 is 0.796 bits per heavy atom. The molecule has 5 saturated heterocycles. The van der Waals surface area contributed by atoms with Crippen molar-refractivity contribution in [3.63, 3.8) is 0 Å². The van der Waals surface area contributed by atoms with Crippen molar-refractivity contribution in [2.24, 2.45) is 0 Å². The first-order valence-electron chi connectivity index (χ1n) is 16.7. The van der Waals surface area contributed by atoms with E-state index in [9.17, 15) is 53.1 Å². The van der Waals surface area contributed by atoms with Gasteiger partial charge in [-0.05, 0) is 55.4 Å². The van der Waals surface area contributed by atoms with Crippen molar-refractivity contribution in [3.05, 3.63) is 0 Å². The molecule has 0 aliphatic carbocycles. The molecule has 22 heteroatoms. The summed E-state index contributed by atoms with van der Waals surface area (Å²) in [5, 5.41) is 10.3. The van der Waals surface area contributed by atoms with E-state index in [1.807, 2.05) is 20.8 Å². The molecule has 0 saturated carbocycles. The van der Waals surface area contributed by atoms with Gasteiger partial charge in [0, 0.05) is 38.5 Å². The summed E-state index contributed by atoms with van der Waals surface area (Å²) in [6.45, 7) is 15.0. The lowest BCUT2D eigenvalue weighted by atomic mass is 9.97. The van der Waals surface area contributed by atoms with Crippen molar-refractivity contribution in [3.8, 4) is 0 Å². The van der Waals surface area contributed by atoms with E-state index in [1.54, 1.807) is 34.6 Å². The minimum absolute atomic E-state index is 0.00973. The fraction of sp³-hybridized carbons (Fsp3) is 0.688. The first-order chi connectivity index (χ1) is 24.7. The molecule has 5 rings (SSSR count). The number of imide groups is 3. The van der Waals surface area contributed by atoms with Crippen LogP contribution in [0.2, 0.25) is 0 Å². The molecule has 0 unspecified atom stereocenters. The van der Waals surface area contributed by atoms with Crippen molar-refractivity contribution in [1.82, 2.24) is 25.0 Å². The largest absolute Gasteiger partial charge is 0.560 e. The summed E-state index contributed by atoms with van der Waals surface area (Å²) in [7, 11) is 0. The van der Waals surface area contributed by atoms with Crippen LogP contribution < -0.4 is 0 Å². The van der Waals surface area contributed by atoms with Gasteiger partial charge >= 0.3 is 24.5 Å². The van der Waals surface area contributed by atoms with Crippen LogP contribution in [0.1, 0.15) is 93.9 Å². The maximum Gasteiger partial charge on any atom is 0.560 e. The second-order valence-electron chi connectivity index (χ2n) is 15.2. The van der Waals surface area contributed by atoms with Crippen molar-refractivity contribution in [1.29, 1.82) is 0 Å². The quantitative estimate of drug-likeness (QED) is 0.241. The molecule has 5 aliphatic heterocycles. The van der Waals surface area contributed by atoms with Crippen LogP contribution in [-0.4, -0.2) is 139 Å². The number of rotatable bonds is 4. The second kappa shape index (κ2) is 16.2. The zero-order chi connectivity index (χ0) is 41.0. The number of carbonyl (C=O) groups excluding carboxylic acids is 10. The molecule has 0 aromatic carbocycles. The Kier molecular flexibility index (Phi) is 12.9. The van der Waals surface area contributed by atoms with Crippen LogP contribution in [0.5, 0.6) is 0 Å². The van der Waals surface area contributed by atoms with Gasteiger partial charge in [-0.2, -0.15) is 4.79 Å². The van der Waals surface area contributed by atoms with Gasteiger partial charge in [-0.3, -0.25) is 43.3 Å². The van der Waals surface area contributed by atoms with Crippen molar-refractivity contribution in [2.45, 2.75) is 116 Å². The third-order valence-corrected chi connectivity index (χ3v) is 7.26. The number of likely N-dealkylation sites (tertiary alicyclic amines) is 2. The Bertz CT molecular complexity index is 1480.